The number of nitrogens with one attached hydrogen (secondary N) is 1. The highest BCUT2D eigenvalue weighted by atomic mass is 127. The van der Waals surface area contributed by atoms with Gasteiger partial charge in [0.25, 0.3) is 0 Å². The molecule has 1 aliphatic rings. The maximum atomic E-state index is 13.9. The number of hydrogen-bond donors (Lipinski definition) is 2. The number of para-hydroxylation sites is 1. The zero-order valence-corrected chi connectivity index (χ0v) is 14.8. The second-order valence-corrected chi connectivity index (χ2v) is 5.57. The quantitative estimate of drug-likeness (QED) is 0.438. The third-order valence-electron chi connectivity index (χ3n) is 3.94. The average Bonchev–Trinajstić information content (AvgIpc) is 3.27. The van der Waals surface area contributed by atoms with Crippen LogP contribution in [0.25, 0.3) is 0 Å². The van der Waals surface area contributed by atoms with Crippen molar-refractivity contribution in [2.24, 2.45) is 10.7 Å². The fraction of sp³-hybridized carbons (Fsp3) is 0.235. The van der Waals surface area contributed by atoms with E-state index < -0.39 is 17.0 Å². The van der Waals surface area contributed by atoms with Gasteiger partial charge in [0.05, 0.1) is 6.54 Å². The molecule has 0 unspecified atom stereocenters. The molecule has 0 atom stereocenters. The molecule has 0 aromatic heterocycles. The molecule has 6 heteroatoms. The van der Waals surface area contributed by atoms with Crippen molar-refractivity contribution >= 4 is 35.6 Å². The minimum absolute atomic E-state index is 0. The number of hydrogen-bond acceptors (Lipinski definition) is 1. The van der Waals surface area contributed by atoms with Crippen LogP contribution in [0.2, 0.25) is 0 Å². The topological polar surface area (TPSA) is 50.4 Å². The highest BCUT2D eigenvalue weighted by Gasteiger charge is 2.47. The fourth-order valence-corrected chi connectivity index (χ4v) is 2.59. The SMILES string of the molecule is I.NC(=NCC1(c2c(F)cccc2F)CC1)Nc1ccccc1. The monoisotopic (exact) mass is 429 g/mol. The Bertz CT molecular complexity index is 680. The number of nitrogens with zero attached hydrogens (tertiary/aromatic N) is 1. The molecule has 23 heavy (non-hydrogen) atoms. The van der Waals surface area contributed by atoms with Gasteiger partial charge in [-0.1, -0.05) is 24.3 Å². The second-order valence-electron chi connectivity index (χ2n) is 5.57. The van der Waals surface area contributed by atoms with E-state index in [0.717, 1.165) is 5.69 Å². The maximum Gasteiger partial charge on any atom is 0.193 e. The van der Waals surface area contributed by atoms with Crippen LogP contribution in [0.3, 0.4) is 0 Å². The van der Waals surface area contributed by atoms with E-state index in [1.54, 1.807) is 0 Å². The molecule has 0 heterocycles. The molecule has 0 amide bonds. The Morgan fingerprint density at radius 1 is 1.04 bits per heavy atom. The second kappa shape index (κ2) is 7.25. The van der Waals surface area contributed by atoms with Crippen LogP contribution in [0.1, 0.15) is 18.4 Å². The van der Waals surface area contributed by atoms with Crippen molar-refractivity contribution in [2.75, 3.05) is 11.9 Å². The number of anilines is 1. The molecule has 1 saturated carbocycles. The van der Waals surface area contributed by atoms with Crippen molar-refractivity contribution in [3.63, 3.8) is 0 Å². The number of guanidine groups is 1. The lowest BCUT2D eigenvalue weighted by Crippen LogP contribution is -2.25. The van der Waals surface area contributed by atoms with E-state index in [-0.39, 0.29) is 42.0 Å². The van der Waals surface area contributed by atoms with E-state index in [9.17, 15) is 8.78 Å². The Morgan fingerprint density at radius 2 is 1.65 bits per heavy atom. The van der Waals surface area contributed by atoms with Gasteiger partial charge in [0.2, 0.25) is 0 Å². The third kappa shape index (κ3) is 3.99. The van der Waals surface area contributed by atoms with Crippen molar-refractivity contribution in [2.45, 2.75) is 18.3 Å². The molecule has 1 fully saturated rings. The normalized spacial score (nSPS) is 15.7. The lowest BCUT2D eigenvalue weighted by Gasteiger charge is -2.15. The lowest BCUT2D eigenvalue weighted by molar-refractivity contribution is 0.517. The van der Waals surface area contributed by atoms with Crippen LogP contribution in [0.15, 0.2) is 53.5 Å². The van der Waals surface area contributed by atoms with Crippen LogP contribution < -0.4 is 11.1 Å². The predicted molar refractivity (Wildman–Crippen MR) is 99.2 cm³/mol. The van der Waals surface area contributed by atoms with Gasteiger partial charge in [0.15, 0.2) is 5.96 Å². The van der Waals surface area contributed by atoms with E-state index in [1.165, 1.54) is 18.2 Å². The molecule has 3 rings (SSSR count). The Hall–Kier alpha value is -1.70. The summed E-state index contributed by atoms with van der Waals surface area (Å²) >= 11 is 0. The summed E-state index contributed by atoms with van der Waals surface area (Å²) in [5.41, 5.74) is 6.24. The molecule has 0 aliphatic heterocycles. The average molecular weight is 429 g/mol. The fourth-order valence-electron chi connectivity index (χ4n) is 2.59. The van der Waals surface area contributed by atoms with E-state index in [4.69, 9.17) is 5.73 Å². The van der Waals surface area contributed by atoms with Crippen LogP contribution in [0.4, 0.5) is 14.5 Å². The van der Waals surface area contributed by atoms with Crippen LogP contribution in [0, 0.1) is 11.6 Å². The summed E-state index contributed by atoms with van der Waals surface area (Å²) in [6.07, 6.45) is 1.43. The van der Waals surface area contributed by atoms with Crippen molar-refractivity contribution in [3.8, 4) is 0 Å². The molecule has 1 aliphatic carbocycles. The van der Waals surface area contributed by atoms with E-state index in [2.05, 4.69) is 10.3 Å². The third-order valence-corrected chi connectivity index (χ3v) is 3.94. The van der Waals surface area contributed by atoms with Crippen LogP contribution >= 0.6 is 24.0 Å². The zero-order chi connectivity index (χ0) is 15.6. The van der Waals surface area contributed by atoms with Crippen LogP contribution in [-0.4, -0.2) is 12.5 Å². The highest BCUT2D eigenvalue weighted by molar-refractivity contribution is 14.0. The molecule has 0 radical (unpaired) electrons. The highest BCUT2D eigenvalue weighted by Crippen LogP contribution is 2.50. The number of rotatable bonds is 4. The van der Waals surface area contributed by atoms with Gasteiger partial charge in [0.1, 0.15) is 11.6 Å². The standard InChI is InChI=1S/C17H17F2N3.HI/c18-13-7-4-8-14(19)15(13)17(9-10-17)11-21-16(20)22-12-5-2-1-3-6-12;/h1-8H,9-11H2,(H3,20,21,22);1H. The first-order valence-electron chi connectivity index (χ1n) is 7.17. The predicted octanol–water partition coefficient (Wildman–Crippen LogP) is 4.04. The summed E-state index contributed by atoms with van der Waals surface area (Å²) in [4.78, 5) is 4.26. The van der Waals surface area contributed by atoms with Crippen LogP contribution in [0.5, 0.6) is 0 Å². The molecular weight excluding hydrogens is 411 g/mol. The number of nitrogens with two attached hydrogens (primary N) is 1. The molecule has 2 aromatic carbocycles. The molecule has 0 saturated heterocycles. The molecule has 122 valence electrons. The molecule has 0 spiro atoms. The number of benzene rings is 2. The first-order valence-corrected chi connectivity index (χ1v) is 7.17. The van der Waals surface area contributed by atoms with Gasteiger partial charge in [-0.25, -0.2) is 8.78 Å². The molecule has 3 nitrogen and oxygen atoms in total. The summed E-state index contributed by atoms with van der Waals surface area (Å²) in [5, 5.41) is 2.96. The molecule has 3 N–H and O–H groups in total. The van der Waals surface area contributed by atoms with Crippen LogP contribution in [-0.2, 0) is 5.41 Å². The number of aliphatic imine (C=N–C) groups is 1. The van der Waals surface area contributed by atoms with Gasteiger partial charge in [-0.05, 0) is 37.1 Å². The van der Waals surface area contributed by atoms with Crippen molar-refractivity contribution in [1.29, 1.82) is 0 Å². The van der Waals surface area contributed by atoms with Gasteiger partial charge in [-0.15, -0.1) is 24.0 Å². The van der Waals surface area contributed by atoms with E-state index >= 15 is 0 Å². The number of halogens is 3. The van der Waals surface area contributed by atoms with E-state index in [1.807, 2.05) is 30.3 Å². The lowest BCUT2D eigenvalue weighted by atomic mass is 9.95. The van der Waals surface area contributed by atoms with Crippen molar-refractivity contribution in [1.82, 2.24) is 0 Å². The van der Waals surface area contributed by atoms with Crippen molar-refractivity contribution in [3.05, 3.63) is 65.7 Å². The molecular formula is C17H18F2IN3. The van der Waals surface area contributed by atoms with Gasteiger partial charge in [0, 0.05) is 16.7 Å². The minimum Gasteiger partial charge on any atom is -0.370 e. The Morgan fingerprint density at radius 3 is 2.22 bits per heavy atom. The largest absolute Gasteiger partial charge is 0.370 e. The first kappa shape index (κ1) is 17.7. The van der Waals surface area contributed by atoms with Gasteiger partial charge in [-0.2, -0.15) is 0 Å². The minimum atomic E-state index is -0.557. The Balaban J connectivity index is 0.00000192. The summed E-state index contributed by atoms with van der Waals surface area (Å²) < 4.78 is 27.8. The molecule has 0 bridgehead atoms. The van der Waals surface area contributed by atoms with Gasteiger partial charge in [-0.3, -0.25) is 4.99 Å². The Labute approximate surface area is 151 Å². The summed E-state index contributed by atoms with van der Waals surface area (Å²) in [6.45, 7) is 0.274. The maximum absolute atomic E-state index is 13.9. The summed E-state index contributed by atoms with van der Waals surface area (Å²) in [5.74, 6) is -0.779. The van der Waals surface area contributed by atoms with Gasteiger partial charge >= 0.3 is 0 Å². The van der Waals surface area contributed by atoms with E-state index in [0.29, 0.717) is 12.8 Å². The summed E-state index contributed by atoms with van der Waals surface area (Å²) in [7, 11) is 0. The zero-order valence-electron chi connectivity index (χ0n) is 12.4. The molecule has 2 aromatic rings. The van der Waals surface area contributed by atoms with Crippen molar-refractivity contribution < 1.29 is 8.78 Å². The first-order chi connectivity index (χ1) is 10.6. The smallest absolute Gasteiger partial charge is 0.193 e. The summed E-state index contributed by atoms with van der Waals surface area (Å²) in [6, 6.07) is 13.3. The Kier molecular flexibility index (Phi) is 5.56. The van der Waals surface area contributed by atoms with Gasteiger partial charge < -0.3 is 11.1 Å².